The minimum atomic E-state index is -3.56. The Labute approximate surface area is 139 Å². The molecule has 2 unspecified atom stereocenters. The minimum absolute atomic E-state index is 0. The number of hydrogen-bond acceptors (Lipinski definition) is 4. The van der Waals surface area contributed by atoms with E-state index in [-0.39, 0.29) is 29.4 Å². The molecule has 1 N–H and O–H groups in total. The van der Waals surface area contributed by atoms with Gasteiger partial charge in [-0.1, -0.05) is 6.07 Å². The van der Waals surface area contributed by atoms with Crippen LogP contribution in [0.2, 0.25) is 0 Å². The van der Waals surface area contributed by atoms with Gasteiger partial charge in [0.05, 0.1) is 7.11 Å². The fourth-order valence-electron chi connectivity index (χ4n) is 2.82. The van der Waals surface area contributed by atoms with Gasteiger partial charge >= 0.3 is 0 Å². The lowest BCUT2D eigenvalue weighted by Gasteiger charge is -2.36. The summed E-state index contributed by atoms with van der Waals surface area (Å²) in [5.41, 5.74) is 1.76. The van der Waals surface area contributed by atoms with Crippen LogP contribution in [0.25, 0.3) is 0 Å². The number of piperazine rings is 1. The number of nitrogens with one attached hydrogen (secondary N) is 1. The van der Waals surface area contributed by atoms with Crippen LogP contribution in [0, 0.1) is 13.8 Å². The van der Waals surface area contributed by atoms with E-state index in [1.54, 1.807) is 10.4 Å². The second kappa shape index (κ2) is 7.17. The topological polar surface area (TPSA) is 58.6 Å². The lowest BCUT2D eigenvalue weighted by molar-refractivity contribution is 0.244. The van der Waals surface area contributed by atoms with Gasteiger partial charge in [-0.05, 0) is 44.9 Å². The Balaban J connectivity index is 0.00000242. The molecule has 1 heterocycles. The van der Waals surface area contributed by atoms with Gasteiger partial charge < -0.3 is 10.1 Å². The summed E-state index contributed by atoms with van der Waals surface area (Å²) < 4.78 is 33.0. The largest absolute Gasteiger partial charge is 0.495 e. The molecule has 2 atom stereocenters. The molecule has 0 bridgehead atoms. The first-order chi connectivity index (χ1) is 9.77. The summed E-state index contributed by atoms with van der Waals surface area (Å²) in [7, 11) is -2.05. The summed E-state index contributed by atoms with van der Waals surface area (Å²) >= 11 is 0. The Morgan fingerprint density at radius 1 is 1.27 bits per heavy atom. The quantitative estimate of drug-likeness (QED) is 0.908. The highest BCUT2D eigenvalue weighted by Gasteiger charge is 2.35. The molecule has 0 saturated carbocycles. The molecule has 0 aromatic heterocycles. The van der Waals surface area contributed by atoms with Crippen LogP contribution in [0.3, 0.4) is 0 Å². The smallest absolute Gasteiger partial charge is 0.247 e. The van der Waals surface area contributed by atoms with E-state index in [0.717, 1.165) is 11.1 Å². The molecule has 5 nitrogen and oxygen atoms in total. The highest BCUT2D eigenvalue weighted by molar-refractivity contribution is 7.89. The number of rotatable bonds is 3. The predicted molar refractivity (Wildman–Crippen MR) is 90.5 cm³/mol. The highest BCUT2D eigenvalue weighted by Crippen LogP contribution is 2.32. The Morgan fingerprint density at radius 2 is 1.91 bits per heavy atom. The first kappa shape index (κ1) is 19.2. The molecule has 2 rings (SSSR count). The second-order valence-electron chi connectivity index (χ2n) is 5.85. The summed E-state index contributed by atoms with van der Waals surface area (Å²) in [4.78, 5) is 0.267. The van der Waals surface area contributed by atoms with E-state index in [1.807, 2.05) is 33.8 Å². The second-order valence-corrected chi connectivity index (χ2v) is 7.71. The van der Waals surface area contributed by atoms with Crippen LogP contribution in [0.15, 0.2) is 17.0 Å². The third-order valence-corrected chi connectivity index (χ3v) is 5.87. The van der Waals surface area contributed by atoms with Crippen molar-refractivity contribution in [2.24, 2.45) is 0 Å². The number of halogens is 1. The molecule has 1 aliphatic rings. The standard InChI is InChI=1S/C15H24N2O3S.ClH/c1-10-6-11(2)15(20-5)14(7-10)21(18,19)17-9-12(3)16-8-13(17)4;/h6-7,12-13,16H,8-9H2,1-5H3;1H. The average Bonchev–Trinajstić information content (AvgIpc) is 2.40. The van der Waals surface area contributed by atoms with Crippen LogP contribution in [-0.4, -0.2) is 45.0 Å². The summed E-state index contributed by atoms with van der Waals surface area (Å²) in [5, 5.41) is 3.30. The number of nitrogens with zero attached hydrogens (tertiary/aromatic N) is 1. The van der Waals surface area contributed by atoms with Gasteiger partial charge in [0, 0.05) is 25.2 Å². The molecule has 1 saturated heterocycles. The van der Waals surface area contributed by atoms with E-state index in [0.29, 0.717) is 18.8 Å². The molecule has 0 radical (unpaired) electrons. The predicted octanol–water partition coefficient (Wildman–Crippen LogP) is 2.10. The molecule has 0 amide bonds. The van der Waals surface area contributed by atoms with Gasteiger partial charge in [-0.2, -0.15) is 4.31 Å². The number of sulfonamides is 1. The SMILES string of the molecule is COc1c(C)cc(C)cc1S(=O)(=O)N1CC(C)NCC1C.Cl. The number of benzene rings is 1. The van der Waals surface area contributed by atoms with Crippen molar-refractivity contribution < 1.29 is 13.2 Å². The molecule has 1 aromatic rings. The fraction of sp³-hybridized carbons (Fsp3) is 0.600. The van der Waals surface area contributed by atoms with Gasteiger partial charge in [0.15, 0.2) is 0 Å². The van der Waals surface area contributed by atoms with Crippen LogP contribution in [0.4, 0.5) is 0 Å². The summed E-state index contributed by atoms with van der Waals surface area (Å²) in [6, 6.07) is 3.70. The van der Waals surface area contributed by atoms with E-state index in [1.165, 1.54) is 7.11 Å². The Hall–Kier alpha value is -0.820. The van der Waals surface area contributed by atoms with Crippen molar-refractivity contribution in [2.75, 3.05) is 20.2 Å². The lowest BCUT2D eigenvalue weighted by Crippen LogP contribution is -2.56. The molecule has 1 aliphatic heterocycles. The van der Waals surface area contributed by atoms with Crippen molar-refractivity contribution in [2.45, 2.75) is 44.7 Å². The lowest BCUT2D eigenvalue weighted by atomic mass is 10.1. The Morgan fingerprint density at radius 3 is 2.50 bits per heavy atom. The minimum Gasteiger partial charge on any atom is -0.495 e. The van der Waals surface area contributed by atoms with E-state index in [9.17, 15) is 8.42 Å². The summed E-state index contributed by atoms with van der Waals surface area (Å²) in [6.07, 6.45) is 0. The first-order valence-corrected chi connectivity index (χ1v) is 8.62. The molecule has 126 valence electrons. The fourth-order valence-corrected chi connectivity index (χ4v) is 4.85. The number of methoxy groups -OCH3 is 1. The van der Waals surface area contributed by atoms with Crippen molar-refractivity contribution in [1.29, 1.82) is 0 Å². The summed E-state index contributed by atoms with van der Waals surface area (Å²) in [6.45, 7) is 8.82. The third-order valence-electron chi connectivity index (χ3n) is 3.88. The van der Waals surface area contributed by atoms with Crippen LogP contribution < -0.4 is 10.1 Å². The zero-order valence-electron chi connectivity index (χ0n) is 13.7. The van der Waals surface area contributed by atoms with Gasteiger partial charge in [-0.25, -0.2) is 8.42 Å². The molecular weight excluding hydrogens is 324 g/mol. The Bertz CT molecular complexity index is 634. The van der Waals surface area contributed by atoms with Crippen molar-refractivity contribution in [3.63, 3.8) is 0 Å². The van der Waals surface area contributed by atoms with E-state index < -0.39 is 10.0 Å². The van der Waals surface area contributed by atoms with Gasteiger partial charge in [-0.15, -0.1) is 12.4 Å². The van der Waals surface area contributed by atoms with Crippen LogP contribution in [0.5, 0.6) is 5.75 Å². The average molecular weight is 349 g/mol. The highest BCUT2D eigenvalue weighted by atomic mass is 35.5. The number of aryl methyl sites for hydroxylation is 2. The molecule has 1 fully saturated rings. The number of hydrogen-bond donors (Lipinski definition) is 1. The maximum atomic E-state index is 13.0. The molecular formula is C15H25ClN2O3S. The van der Waals surface area contributed by atoms with Gasteiger partial charge in [0.25, 0.3) is 0 Å². The van der Waals surface area contributed by atoms with E-state index >= 15 is 0 Å². The van der Waals surface area contributed by atoms with Crippen molar-refractivity contribution in [3.8, 4) is 5.75 Å². The van der Waals surface area contributed by atoms with Crippen LogP contribution in [0.1, 0.15) is 25.0 Å². The van der Waals surface area contributed by atoms with Crippen molar-refractivity contribution in [1.82, 2.24) is 9.62 Å². The molecule has 7 heteroatoms. The van der Waals surface area contributed by atoms with Gasteiger partial charge in [-0.3, -0.25) is 0 Å². The zero-order chi connectivity index (χ0) is 15.8. The Kier molecular flexibility index (Phi) is 6.27. The van der Waals surface area contributed by atoms with E-state index in [2.05, 4.69) is 5.32 Å². The molecule has 1 aromatic carbocycles. The zero-order valence-corrected chi connectivity index (χ0v) is 15.3. The third kappa shape index (κ3) is 3.56. The maximum Gasteiger partial charge on any atom is 0.247 e. The summed E-state index contributed by atoms with van der Waals surface area (Å²) in [5.74, 6) is 0.444. The van der Waals surface area contributed by atoms with Crippen LogP contribution in [-0.2, 0) is 10.0 Å². The van der Waals surface area contributed by atoms with Gasteiger partial charge in [0.1, 0.15) is 10.6 Å². The monoisotopic (exact) mass is 348 g/mol. The normalized spacial score (nSPS) is 23.0. The molecule has 22 heavy (non-hydrogen) atoms. The van der Waals surface area contributed by atoms with E-state index in [4.69, 9.17) is 4.74 Å². The van der Waals surface area contributed by atoms with Crippen LogP contribution >= 0.6 is 12.4 Å². The maximum absolute atomic E-state index is 13.0. The van der Waals surface area contributed by atoms with Crippen molar-refractivity contribution >= 4 is 22.4 Å². The van der Waals surface area contributed by atoms with Crippen molar-refractivity contribution in [3.05, 3.63) is 23.3 Å². The first-order valence-electron chi connectivity index (χ1n) is 7.17. The van der Waals surface area contributed by atoms with Gasteiger partial charge in [0.2, 0.25) is 10.0 Å². The molecule has 0 aliphatic carbocycles. The number of ether oxygens (including phenoxy) is 1. The molecule has 0 spiro atoms.